The molecule has 1 N–H and O–H groups in total. The molecule has 1 atom stereocenters. The van der Waals surface area contributed by atoms with Crippen molar-refractivity contribution in [2.24, 2.45) is 0 Å². The minimum absolute atomic E-state index is 0.151. The van der Waals surface area contributed by atoms with Crippen LogP contribution in [-0.2, 0) is 0 Å². The highest BCUT2D eigenvalue weighted by molar-refractivity contribution is 5.80. The zero-order valence-corrected chi connectivity index (χ0v) is 8.94. The summed E-state index contributed by atoms with van der Waals surface area (Å²) in [6.45, 7) is -1.19. The Morgan fingerprint density at radius 1 is 1.50 bits per heavy atom. The molecule has 0 aliphatic carbocycles. The van der Waals surface area contributed by atoms with Crippen molar-refractivity contribution in [2.75, 3.05) is 6.54 Å². The lowest BCUT2D eigenvalue weighted by Crippen LogP contribution is -2.27. The van der Waals surface area contributed by atoms with Gasteiger partial charge in [-0.1, -0.05) is 0 Å². The summed E-state index contributed by atoms with van der Waals surface area (Å²) >= 11 is 0. The van der Waals surface area contributed by atoms with Crippen molar-refractivity contribution < 1.29 is 18.1 Å². The Morgan fingerprint density at radius 2 is 2.22 bits per heavy atom. The number of nitrogens with one attached hydrogen (secondary N) is 1. The first-order valence-corrected chi connectivity index (χ1v) is 5.00. The van der Waals surface area contributed by atoms with Crippen LogP contribution in [0.3, 0.4) is 0 Å². The topological polar surface area (TPSA) is 71.8 Å². The highest BCUT2D eigenvalue weighted by Crippen LogP contribution is 2.37. The van der Waals surface area contributed by atoms with Crippen LogP contribution in [-0.4, -0.2) is 27.6 Å². The van der Waals surface area contributed by atoms with Gasteiger partial charge in [-0.3, -0.25) is 10.1 Å². The number of halogens is 3. The Bertz CT molecular complexity index is 579. The highest BCUT2D eigenvalue weighted by atomic mass is 19.4. The van der Waals surface area contributed by atoms with Gasteiger partial charge in [-0.15, -0.1) is 0 Å². The molecule has 1 unspecified atom stereocenters. The lowest BCUT2D eigenvalue weighted by atomic mass is 9.99. The van der Waals surface area contributed by atoms with Gasteiger partial charge in [0.25, 0.3) is 0 Å². The number of fused-ring (bicyclic) bond motifs is 1. The molecule has 18 heavy (non-hydrogen) atoms. The molecule has 0 aromatic carbocycles. The lowest BCUT2D eigenvalue weighted by Gasteiger charge is -2.15. The fourth-order valence-electron chi connectivity index (χ4n) is 1.79. The average Bonchev–Trinajstić information content (AvgIpc) is 2.67. The van der Waals surface area contributed by atoms with Crippen LogP contribution in [0.25, 0.3) is 11.0 Å². The zero-order chi connectivity index (χ0) is 13.3. The third kappa shape index (κ3) is 2.27. The molecular weight excluding hydrogens is 251 g/mol. The van der Waals surface area contributed by atoms with Gasteiger partial charge in [-0.2, -0.15) is 13.2 Å². The molecule has 5 nitrogen and oxygen atoms in total. The summed E-state index contributed by atoms with van der Waals surface area (Å²) in [5.74, 6) is -2.13. The third-order valence-electron chi connectivity index (χ3n) is 2.59. The van der Waals surface area contributed by atoms with Gasteiger partial charge < -0.3 is 4.98 Å². The number of pyridine rings is 1. The minimum Gasteiger partial charge on any atom is -0.346 e. The molecule has 0 fully saturated rings. The van der Waals surface area contributed by atoms with Crippen LogP contribution in [0.15, 0.2) is 24.5 Å². The van der Waals surface area contributed by atoms with Crippen molar-refractivity contribution in [1.82, 2.24) is 9.97 Å². The Morgan fingerprint density at radius 3 is 2.83 bits per heavy atom. The number of hydrogen-bond donors (Lipinski definition) is 1. The summed E-state index contributed by atoms with van der Waals surface area (Å²) in [6, 6.07) is 2.94. The van der Waals surface area contributed by atoms with Gasteiger partial charge in [0.15, 0.2) is 0 Å². The van der Waals surface area contributed by atoms with Crippen LogP contribution in [0.1, 0.15) is 11.5 Å². The number of alkyl halides is 3. The normalized spacial score (nSPS) is 13.7. The number of H-pyrrole nitrogens is 1. The molecule has 0 aliphatic rings. The molecular formula is C10H8F3N3O2. The molecule has 0 aliphatic heterocycles. The fraction of sp³-hybridized carbons (Fsp3) is 0.300. The average molecular weight is 259 g/mol. The van der Waals surface area contributed by atoms with E-state index in [-0.39, 0.29) is 16.6 Å². The maximum absolute atomic E-state index is 12.8. The van der Waals surface area contributed by atoms with E-state index in [2.05, 4.69) is 9.97 Å². The number of rotatable bonds is 3. The monoisotopic (exact) mass is 259 g/mol. The molecule has 2 aromatic heterocycles. The van der Waals surface area contributed by atoms with Gasteiger partial charge in [0.2, 0.25) is 6.54 Å². The molecule has 0 bridgehead atoms. The van der Waals surface area contributed by atoms with Gasteiger partial charge in [0.1, 0.15) is 11.6 Å². The first kappa shape index (κ1) is 12.3. The van der Waals surface area contributed by atoms with E-state index in [0.29, 0.717) is 0 Å². The molecule has 0 saturated heterocycles. The Balaban J connectivity index is 2.51. The molecule has 2 rings (SSSR count). The van der Waals surface area contributed by atoms with Crippen LogP contribution >= 0.6 is 0 Å². The summed E-state index contributed by atoms with van der Waals surface area (Å²) in [6.07, 6.45) is -2.12. The van der Waals surface area contributed by atoms with Crippen molar-refractivity contribution in [2.45, 2.75) is 12.1 Å². The van der Waals surface area contributed by atoms with Gasteiger partial charge in [-0.25, -0.2) is 4.98 Å². The van der Waals surface area contributed by atoms with Crippen molar-refractivity contribution in [3.8, 4) is 0 Å². The van der Waals surface area contributed by atoms with E-state index >= 15 is 0 Å². The van der Waals surface area contributed by atoms with E-state index in [1.807, 2.05) is 0 Å². The van der Waals surface area contributed by atoms with Gasteiger partial charge in [0, 0.05) is 22.7 Å². The Kier molecular flexibility index (Phi) is 2.93. The van der Waals surface area contributed by atoms with Gasteiger partial charge in [-0.05, 0) is 17.7 Å². The molecule has 0 spiro atoms. The summed E-state index contributed by atoms with van der Waals surface area (Å²) in [5, 5.41) is 10.6. The van der Waals surface area contributed by atoms with E-state index < -0.39 is 23.6 Å². The second kappa shape index (κ2) is 4.28. The molecule has 2 aromatic rings. The quantitative estimate of drug-likeness (QED) is 0.679. The molecule has 96 valence electrons. The third-order valence-corrected chi connectivity index (χ3v) is 2.59. The summed E-state index contributed by atoms with van der Waals surface area (Å²) in [5.41, 5.74) is 0.132. The van der Waals surface area contributed by atoms with Crippen molar-refractivity contribution in [1.29, 1.82) is 0 Å². The predicted octanol–water partition coefficient (Wildman–Crippen LogP) is 2.49. The number of nitrogens with zero attached hydrogens (tertiary/aromatic N) is 2. The van der Waals surface area contributed by atoms with Crippen LogP contribution in [0.2, 0.25) is 0 Å². The largest absolute Gasteiger partial charge is 0.402 e. The van der Waals surface area contributed by atoms with Gasteiger partial charge in [0.05, 0.1) is 0 Å². The zero-order valence-electron chi connectivity index (χ0n) is 8.94. The summed E-state index contributed by atoms with van der Waals surface area (Å²) in [7, 11) is 0. The maximum atomic E-state index is 12.8. The fourth-order valence-corrected chi connectivity index (χ4v) is 1.79. The van der Waals surface area contributed by atoms with E-state index in [0.717, 1.165) is 6.20 Å². The Labute approximate surface area is 98.8 Å². The van der Waals surface area contributed by atoms with Crippen molar-refractivity contribution in [3.05, 3.63) is 40.2 Å². The molecule has 8 heteroatoms. The number of hydrogen-bond acceptors (Lipinski definition) is 3. The number of aromatic amines is 1. The van der Waals surface area contributed by atoms with Crippen LogP contribution in [0, 0.1) is 10.1 Å². The first-order chi connectivity index (χ1) is 8.39. The minimum atomic E-state index is -4.67. The summed E-state index contributed by atoms with van der Waals surface area (Å²) in [4.78, 5) is 15.8. The van der Waals surface area contributed by atoms with Gasteiger partial charge >= 0.3 is 6.18 Å². The Hall–Kier alpha value is -2.12. The predicted molar refractivity (Wildman–Crippen MR) is 56.8 cm³/mol. The SMILES string of the molecule is O=[N+]([O-])CC(c1c[nH]c2ncccc12)C(F)(F)F. The standard InChI is InChI=1S/C10H8F3N3O2/c11-10(12,13)8(5-16(17)18)7-4-15-9-6(7)2-1-3-14-9/h1-4,8H,5H2,(H,14,15). The van der Waals surface area contributed by atoms with E-state index in [9.17, 15) is 23.3 Å². The first-order valence-electron chi connectivity index (χ1n) is 5.00. The van der Waals surface area contributed by atoms with E-state index in [1.165, 1.54) is 18.3 Å². The molecule has 0 saturated carbocycles. The van der Waals surface area contributed by atoms with Crippen LogP contribution in [0.4, 0.5) is 13.2 Å². The smallest absolute Gasteiger partial charge is 0.346 e. The molecule has 0 amide bonds. The second-order valence-corrected chi connectivity index (χ2v) is 3.75. The summed E-state index contributed by atoms with van der Waals surface area (Å²) < 4.78 is 38.5. The lowest BCUT2D eigenvalue weighted by molar-refractivity contribution is -0.490. The maximum Gasteiger partial charge on any atom is 0.402 e. The number of aromatic nitrogens is 2. The van der Waals surface area contributed by atoms with Crippen molar-refractivity contribution >= 4 is 11.0 Å². The second-order valence-electron chi connectivity index (χ2n) is 3.75. The molecule has 0 radical (unpaired) electrons. The van der Waals surface area contributed by atoms with E-state index in [1.54, 1.807) is 0 Å². The number of nitro groups is 1. The van der Waals surface area contributed by atoms with Crippen LogP contribution < -0.4 is 0 Å². The van der Waals surface area contributed by atoms with E-state index in [4.69, 9.17) is 0 Å². The van der Waals surface area contributed by atoms with Crippen LogP contribution in [0.5, 0.6) is 0 Å². The molecule has 2 heterocycles. The van der Waals surface area contributed by atoms with Crippen molar-refractivity contribution in [3.63, 3.8) is 0 Å². The highest BCUT2D eigenvalue weighted by Gasteiger charge is 2.45.